The highest BCUT2D eigenvalue weighted by atomic mass is 32.2. The molecule has 0 fully saturated rings. The van der Waals surface area contributed by atoms with Crippen LogP contribution in [-0.2, 0) is 4.79 Å². The number of anilines is 1. The van der Waals surface area contributed by atoms with Crippen LogP contribution in [0.2, 0.25) is 0 Å². The van der Waals surface area contributed by atoms with Crippen molar-refractivity contribution in [1.29, 1.82) is 0 Å². The van der Waals surface area contributed by atoms with E-state index in [0.29, 0.717) is 5.04 Å². The topological polar surface area (TPSA) is 32.7 Å². The lowest BCUT2D eigenvalue weighted by Crippen LogP contribution is -2.09. The summed E-state index contributed by atoms with van der Waals surface area (Å²) in [5.74, 6) is -0.0163. The molecule has 3 nitrogen and oxygen atoms in total. The number of thioether (sulfide) groups is 1. The van der Waals surface area contributed by atoms with Crippen molar-refractivity contribution in [3.63, 3.8) is 0 Å². The first-order chi connectivity index (χ1) is 10.2. The Hall–Kier alpha value is -2.33. The third kappa shape index (κ3) is 3.06. The van der Waals surface area contributed by atoms with Crippen LogP contribution in [-0.4, -0.2) is 10.8 Å². The molecule has 4 heteroatoms. The first kappa shape index (κ1) is 13.6. The first-order valence-corrected chi connectivity index (χ1v) is 7.45. The number of carbonyl (C=O) groups is 1. The average Bonchev–Trinajstić information content (AvgIpc) is 2.93. The minimum Gasteiger partial charge on any atom is -0.292 e. The summed E-state index contributed by atoms with van der Waals surface area (Å²) in [6.07, 6.45) is 2.04. The molecule has 0 N–H and O–H groups in total. The molecule has 0 aliphatic carbocycles. The van der Waals surface area contributed by atoms with Gasteiger partial charge < -0.3 is 0 Å². The summed E-state index contributed by atoms with van der Waals surface area (Å²) in [4.78, 5) is 11.6. The van der Waals surface area contributed by atoms with Gasteiger partial charge in [0.1, 0.15) is 5.03 Å². The summed E-state index contributed by atoms with van der Waals surface area (Å²) >= 11 is 1.40. The van der Waals surface area contributed by atoms with E-state index < -0.39 is 0 Å². The highest BCUT2D eigenvalue weighted by Crippen LogP contribution is 2.35. The van der Waals surface area contributed by atoms with Crippen molar-refractivity contribution < 1.29 is 4.79 Å². The lowest BCUT2D eigenvalue weighted by Gasteiger charge is -2.15. The molecule has 0 bridgehead atoms. The fourth-order valence-corrected chi connectivity index (χ4v) is 2.87. The van der Waals surface area contributed by atoms with Gasteiger partial charge in [0.05, 0.1) is 5.69 Å². The molecule has 1 aliphatic rings. The molecule has 0 saturated heterocycles. The van der Waals surface area contributed by atoms with Gasteiger partial charge in [0.25, 0.3) is 0 Å². The maximum atomic E-state index is 11.6. The van der Waals surface area contributed by atoms with Gasteiger partial charge in [-0.2, -0.15) is 5.10 Å². The molecular weight excluding hydrogens is 280 g/mol. The van der Waals surface area contributed by atoms with E-state index in [-0.39, 0.29) is 5.78 Å². The summed E-state index contributed by atoms with van der Waals surface area (Å²) in [5, 5.41) is 7.69. The van der Waals surface area contributed by atoms with Crippen LogP contribution >= 0.6 is 11.8 Å². The van der Waals surface area contributed by atoms with E-state index in [0.717, 1.165) is 16.3 Å². The van der Waals surface area contributed by atoms with E-state index in [1.54, 1.807) is 6.92 Å². The van der Waals surface area contributed by atoms with Crippen molar-refractivity contribution in [1.82, 2.24) is 0 Å². The number of para-hydroxylation sites is 1. The van der Waals surface area contributed by atoms with Crippen LogP contribution in [0.3, 0.4) is 0 Å². The zero-order valence-electron chi connectivity index (χ0n) is 11.6. The lowest BCUT2D eigenvalue weighted by atomic mass is 10.2. The van der Waals surface area contributed by atoms with Crippen LogP contribution in [0.5, 0.6) is 0 Å². The predicted octanol–water partition coefficient (Wildman–Crippen LogP) is 4.14. The molecule has 2 aromatic rings. The van der Waals surface area contributed by atoms with E-state index in [9.17, 15) is 4.79 Å². The summed E-state index contributed by atoms with van der Waals surface area (Å²) in [6, 6.07) is 19.9. The minimum absolute atomic E-state index is 0.0163. The van der Waals surface area contributed by atoms with Crippen LogP contribution in [0.25, 0.3) is 6.08 Å². The summed E-state index contributed by atoms with van der Waals surface area (Å²) < 4.78 is 0. The molecule has 0 amide bonds. The van der Waals surface area contributed by atoms with Gasteiger partial charge in [-0.15, -0.1) is 0 Å². The number of nitrogens with zero attached hydrogens (tertiary/aromatic N) is 2. The Morgan fingerprint density at radius 3 is 2.29 bits per heavy atom. The Morgan fingerprint density at radius 1 is 1.05 bits per heavy atom. The quantitative estimate of drug-likeness (QED) is 0.853. The van der Waals surface area contributed by atoms with Gasteiger partial charge in [0, 0.05) is 6.92 Å². The molecule has 0 unspecified atom stereocenters. The Bertz CT molecular complexity index is 708. The molecule has 3 rings (SSSR count). The van der Waals surface area contributed by atoms with Crippen molar-refractivity contribution in [3.8, 4) is 0 Å². The van der Waals surface area contributed by atoms with Crippen molar-refractivity contribution in [2.24, 2.45) is 5.10 Å². The van der Waals surface area contributed by atoms with Crippen molar-refractivity contribution >= 4 is 34.4 Å². The molecule has 2 aromatic carbocycles. The number of ketones is 1. The average molecular weight is 294 g/mol. The molecule has 0 aromatic heterocycles. The van der Waals surface area contributed by atoms with Crippen LogP contribution < -0.4 is 5.01 Å². The number of rotatable bonds is 3. The largest absolute Gasteiger partial charge is 0.292 e. The number of hydrogen-bond acceptors (Lipinski definition) is 4. The van der Waals surface area contributed by atoms with Gasteiger partial charge in [0.15, 0.2) is 10.8 Å². The molecule has 104 valence electrons. The number of carbonyl (C=O) groups excluding carboxylic acids is 1. The summed E-state index contributed by atoms with van der Waals surface area (Å²) in [5.41, 5.74) is 2.03. The van der Waals surface area contributed by atoms with Crippen LogP contribution in [0, 0.1) is 0 Å². The van der Waals surface area contributed by atoms with E-state index in [4.69, 9.17) is 0 Å². The molecule has 0 spiro atoms. The second-order valence-corrected chi connectivity index (χ2v) is 5.61. The Morgan fingerprint density at radius 2 is 1.67 bits per heavy atom. The van der Waals surface area contributed by atoms with Gasteiger partial charge in [-0.1, -0.05) is 48.5 Å². The highest BCUT2D eigenvalue weighted by molar-refractivity contribution is 8.19. The first-order valence-electron chi connectivity index (χ1n) is 6.63. The second-order valence-electron chi connectivity index (χ2n) is 4.60. The van der Waals surface area contributed by atoms with Gasteiger partial charge in [-0.3, -0.25) is 4.79 Å². The molecule has 0 radical (unpaired) electrons. The molecular formula is C17H14N2OS. The zero-order chi connectivity index (χ0) is 14.7. The normalized spacial score (nSPS) is 16.1. The molecule has 1 heterocycles. The SMILES string of the molecule is CC(=O)C1=NN(c2ccccc2)C(=Cc2ccccc2)S1. The Balaban J connectivity index is 2.00. The summed E-state index contributed by atoms with van der Waals surface area (Å²) in [7, 11) is 0. The van der Waals surface area contributed by atoms with E-state index in [1.165, 1.54) is 11.8 Å². The number of hydrazone groups is 1. The second kappa shape index (κ2) is 5.97. The number of Topliss-reactive ketones (excluding diaryl/α,β-unsaturated/α-hetero) is 1. The monoisotopic (exact) mass is 294 g/mol. The number of hydrogen-bond donors (Lipinski definition) is 0. The maximum absolute atomic E-state index is 11.6. The van der Waals surface area contributed by atoms with Crippen molar-refractivity contribution in [2.75, 3.05) is 5.01 Å². The van der Waals surface area contributed by atoms with Gasteiger partial charge in [-0.25, -0.2) is 5.01 Å². The van der Waals surface area contributed by atoms with Crippen LogP contribution in [0.1, 0.15) is 12.5 Å². The number of benzene rings is 2. The summed E-state index contributed by atoms with van der Waals surface area (Å²) in [6.45, 7) is 1.54. The van der Waals surface area contributed by atoms with E-state index in [2.05, 4.69) is 5.10 Å². The van der Waals surface area contributed by atoms with E-state index >= 15 is 0 Å². The lowest BCUT2D eigenvalue weighted by molar-refractivity contribution is -0.110. The highest BCUT2D eigenvalue weighted by Gasteiger charge is 2.25. The fourth-order valence-electron chi connectivity index (χ4n) is 1.98. The van der Waals surface area contributed by atoms with Gasteiger partial charge in [-0.05, 0) is 35.5 Å². The standard InChI is InChI=1S/C17H14N2OS/c1-13(20)17-18-19(15-10-6-3-7-11-15)16(21-17)12-14-8-4-2-5-9-14/h2-12H,1H3. The predicted molar refractivity (Wildman–Crippen MR) is 89.0 cm³/mol. The fraction of sp³-hybridized carbons (Fsp3) is 0.0588. The molecule has 0 atom stereocenters. The smallest absolute Gasteiger partial charge is 0.186 e. The molecule has 0 saturated carbocycles. The Kier molecular flexibility index (Phi) is 3.88. The maximum Gasteiger partial charge on any atom is 0.186 e. The van der Waals surface area contributed by atoms with Crippen molar-refractivity contribution in [3.05, 3.63) is 71.3 Å². The third-order valence-corrected chi connectivity index (χ3v) is 4.05. The molecule has 1 aliphatic heterocycles. The van der Waals surface area contributed by atoms with Gasteiger partial charge >= 0.3 is 0 Å². The van der Waals surface area contributed by atoms with Crippen molar-refractivity contribution in [2.45, 2.75) is 6.92 Å². The van der Waals surface area contributed by atoms with Crippen LogP contribution in [0.4, 0.5) is 5.69 Å². The van der Waals surface area contributed by atoms with Gasteiger partial charge in [0.2, 0.25) is 0 Å². The third-order valence-electron chi connectivity index (χ3n) is 2.99. The van der Waals surface area contributed by atoms with E-state index in [1.807, 2.05) is 71.7 Å². The zero-order valence-corrected chi connectivity index (χ0v) is 12.4. The van der Waals surface area contributed by atoms with Crippen LogP contribution in [0.15, 0.2) is 70.8 Å². The molecule has 21 heavy (non-hydrogen) atoms. The Labute approximate surface area is 128 Å². The minimum atomic E-state index is -0.0163.